The number of benzene rings is 2. The number of hydrogen-bond donors (Lipinski definition) is 2. The van der Waals surface area contributed by atoms with Gasteiger partial charge in [0.1, 0.15) is 6.04 Å². The molecule has 0 saturated heterocycles. The van der Waals surface area contributed by atoms with Crippen LogP contribution in [0.15, 0.2) is 71.6 Å². The topological polar surface area (TPSA) is 105 Å². The molecule has 2 aromatic carbocycles. The highest BCUT2D eigenvalue weighted by Crippen LogP contribution is 2.33. The molecule has 0 bridgehead atoms. The summed E-state index contributed by atoms with van der Waals surface area (Å²) in [5.41, 5.74) is 6.38. The van der Waals surface area contributed by atoms with E-state index in [-0.39, 0.29) is 17.6 Å². The number of aromatic nitrogens is 3. The van der Waals surface area contributed by atoms with Crippen molar-refractivity contribution in [2.24, 2.45) is 7.05 Å². The molecule has 37 heavy (non-hydrogen) atoms. The molecule has 0 aliphatic carbocycles. The number of anilines is 1. The van der Waals surface area contributed by atoms with Gasteiger partial charge in [0.15, 0.2) is 5.76 Å². The normalized spacial score (nSPS) is 15.1. The van der Waals surface area contributed by atoms with Crippen LogP contribution in [0.3, 0.4) is 0 Å². The Balaban J connectivity index is 1.29. The van der Waals surface area contributed by atoms with Gasteiger partial charge in [0.2, 0.25) is 5.91 Å². The molecule has 186 valence electrons. The van der Waals surface area contributed by atoms with Crippen LogP contribution in [0.2, 0.25) is 0 Å². The van der Waals surface area contributed by atoms with Gasteiger partial charge in [-0.05, 0) is 35.9 Å². The Labute approximate surface area is 213 Å². The zero-order valence-electron chi connectivity index (χ0n) is 20.6. The third kappa shape index (κ3) is 3.88. The third-order valence-electron chi connectivity index (χ3n) is 7.14. The van der Waals surface area contributed by atoms with Crippen LogP contribution in [0.1, 0.15) is 27.4 Å². The zero-order valence-corrected chi connectivity index (χ0v) is 20.6. The Kier molecular flexibility index (Phi) is 5.60. The molecule has 1 aliphatic rings. The van der Waals surface area contributed by atoms with E-state index in [9.17, 15) is 9.59 Å². The number of hydrogen-bond acceptors (Lipinski definition) is 6. The molecule has 0 spiro atoms. The molecular weight excluding hydrogens is 468 g/mol. The van der Waals surface area contributed by atoms with E-state index in [0.717, 1.165) is 38.9 Å². The second-order valence-corrected chi connectivity index (χ2v) is 9.16. The van der Waals surface area contributed by atoms with Crippen molar-refractivity contribution < 1.29 is 14.0 Å². The fourth-order valence-electron chi connectivity index (χ4n) is 5.21. The van der Waals surface area contributed by atoms with Crippen LogP contribution in [0.4, 0.5) is 5.69 Å². The molecule has 4 heterocycles. The summed E-state index contributed by atoms with van der Waals surface area (Å²) in [5, 5.41) is 7.19. The minimum atomic E-state index is -0.638. The Hall–Kier alpha value is -4.66. The van der Waals surface area contributed by atoms with Gasteiger partial charge in [0.05, 0.1) is 23.8 Å². The van der Waals surface area contributed by atoms with Crippen molar-refractivity contribution in [1.29, 1.82) is 0 Å². The van der Waals surface area contributed by atoms with Crippen molar-refractivity contribution >= 4 is 39.4 Å². The van der Waals surface area contributed by atoms with E-state index < -0.39 is 6.04 Å². The predicted molar refractivity (Wildman–Crippen MR) is 140 cm³/mol. The standard InChI is InChI=1S/C28H26N6O3/c1-29-27(35)24-14-20-19-5-3-4-6-23(19)33(2)25(20)16-34(24)28(36)26-17(9-12-37-26)15-32-18-7-8-21-22(13-18)31-11-10-30-21/h3-13,24,32H,14-16H2,1-2H3,(H,29,35)/t24-/m1/s1. The molecule has 0 fully saturated rings. The molecule has 1 aliphatic heterocycles. The van der Waals surface area contributed by atoms with Crippen LogP contribution in [0, 0.1) is 0 Å². The van der Waals surface area contributed by atoms with Crippen molar-refractivity contribution in [2.75, 3.05) is 12.4 Å². The van der Waals surface area contributed by atoms with Gasteiger partial charge in [-0.3, -0.25) is 19.6 Å². The zero-order chi connectivity index (χ0) is 25.5. The largest absolute Gasteiger partial charge is 0.459 e. The quantitative estimate of drug-likeness (QED) is 0.387. The molecule has 2 amide bonds. The number of furan rings is 1. The minimum absolute atomic E-state index is 0.199. The Bertz CT molecular complexity index is 1650. The van der Waals surface area contributed by atoms with Gasteiger partial charge in [-0.1, -0.05) is 18.2 Å². The molecule has 5 aromatic rings. The van der Waals surface area contributed by atoms with Gasteiger partial charge in [0, 0.05) is 67.3 Å². The van der Waals surface area contributed by atoms with Crippen LogP contribution in [0.25, 0.3) is 21.9 Å². The van der Waals surface area contributed by atoms with E-state index in [2.05, 4.69) is 37.3 Å². The van der Waals surface area contributed by atoms with E-state index in [0.29, 0.717) is 25.1 Å². The fourth-order valence-corrected chi connectivity index (χ4v) is 5.21. The molecule has 9 heteroatoms. The number of aryl methyl sites for hydroxylation is 1. The first-order valence-electron chi connectivity index (χ1n) is 12.1. The summed E-state index contributed by atoms with van der Waals surface area (Å²) >= 11 is 0. The third-order valence-corrected chi connectivity index (χ3v) is 7.14. The SMILES string of the molecule is CNC(=O)[C@H]1Cc2c(n(C)c3ccccc23)CN1C(=O)c1occc1CNc1ccc2nccnc2c1. The highest BCUT2D eigenvalue weighted by molar-refractivity contribution is 5.98. The van der Waals surface area contributed by atoms with E-state index in [1.807, 2.05) is 37.4 Å². The maximum atomic E-state index is 13.8. The average molecular weight is 495 g/mol. The van der Waals surface area contributed by atoms with Gasteiger partial charge in [-0.2, -0.15) is 0 Å². The summed E-state index contributed by atoms with van der Waals surface area (Å²) in [4.78, 5) is 37.0. The van der Waals surface area contributed by atoms with Crippen LogP contribution in [-0.2, 0) is 31.4 Å². The van der Waals surface area contributed by atoms with E-state index in [1.165, 1.54) is 6.26 Å². The van der Waals surface area contributed by atoms with Crippen LogP contribution in [-0.4, -0.2) is 44.3 Å². The van der Waals surface area contributed by atoms with Gasteiger partial charge < -0.3 is 24.5 Å². The molecule has 3 aromatic heterocycles. The Morgan fingerprint density at radius 1 is 1.08 bits per heavy atom. The molecule has 2 N–H and O–H groups in total. The number of nitrogens with one attached hydrogen (secondary N) is 2. The number of fused-ring (bicyclic) bond motifs is 4. The summed E-state index contributed by atoms with van der Waals surface area (Å²) in [6.07, 6.45) is 5.26. The lowest BCUT2D eigenvalue weighted by Gasteiger charge is -2.34. The first kappa shape index (κ1) is 22.8. The predicted octanol–water partition coefficient (Wildman–Crippen LogP) is 3.64. The number of carbonyl (C=O) groups excluding carboxylic acids is 2. The van der Waals surface area contributed by atoms with Crippen LogP contribution >= 0.6 is 0 Å². The highest BCUT2D eigenvalue weighted by atomic mass is 16.3. The second-order valence-electron chi connectivity index (χ2n) is 9.16. The van der Waals surface area contributed by atoms with Gasteiger partial charge in [-0.25, -0.2) is 0 Å². The first-order chi connectivity index (χ1) is 18.0. The second kappa shape index (κ2) is 9.09. The van der Waals surface area contributed by atoms with E-state index >= 15 is 0 Å². The number of nitrogens with zero attached hydrogens (tertiary/aromatic N) is 4. The molecule has 0 unspecified atom stereocenters. The molecule has 6 rings (SSSR count). The van der Waals surface area contributed by atoms with Crippen molar-refractivity contribution in [2.45, 2.75) is 25.6 Å². The first-order valence-corrected chi connectivity index (χ1v) is 12.1. The lowest BCUT2D eigenvalue weighted by molar-refractivity contribution is -0.125. The van der Waals surface area contributed by atoms with Crippen LogP contribution < -0.4 is 10.6 Å². The Morgan fingerprint density at radius 3 is 2.73 bits per heavy atom. The number of carbonyl (C=O) groups is 2. The highest BCUT2D eigenvalue weighted by Gasteiger charge is 2.38. The average Bonchev–Trinajstić information content (AvgIpc) is 3.53. The number of likely N-dealkylation sites (N-methyl/N-ethyl adjacent to an activating group) is 1. The van der Waals surface area contributed by atoms with Crippen LogP contribution in [0.5, 0.6) is 0 Å². The fraction of sp³-hybridized carbons (Fsp3) is 0.214. The summed E-state index contributed by atoms with van der Waals surface area (Å²) in [6, 6.07) is 15.0. The molecule has 0 radical (unpaired) electrons. The number of para-hydroxylation sites is 1. The minimum Gasteiger partial charge on any atom is -0.459 e. The van der Waals surface area contributed by atoms with Crippen molar-refractivity contribution in [3.63, 3.8) is 0 Å². The molecular formula is C28H26N6O3. The summed E-state index contributed by atoms with van der Waals surface area (Å²) in [7, 11) is 3.60. The lowest BCUT2D eigenvalue weighted by atomic mass is 9.95. The molecule has 0 saturated carbocycles. The van der Waals surface area contributed by atoms with E-state index in [1.54, 1.807) is 30.4 Å². The Morgan fingerprint density at radius 2 is 1.89 bits per heavy atom. The van der Waals surface area contributed by atoms with Gasteiger partial charge in [-0.15, -0.1) is 0 Å². The summed E-state index contributed by atoms with van der Waals surface area (Å²) in [6.45, 7) is 0.690. The van der Waals surface area contributed by atoms with Crippen molar-refractivity contribution in [3.05, 3.63) is 89.8 Å². The molecule has 9 nitrogen and oxygen atoms in total. The molecule has 1 atom stereocenters. The maximum Gasteiger partial charge on any atom is 0.290 e. The number of amides is 2. The summed E-state index contributed by atoms with van der Waals surface area (Å²) in [5.74, 6) is -0.282. The van der Waals surface area contributed by atoms with E-state index in [4.69, 9.17) is 4.42 Å². The lowest BCUT2D eigenvalue weighted by Crippen LogP contribution is -2.52. The van der Waals surface area contributed by atoms with Crippen molar-refractivity contribution in [1.82, 2.24) is 24.8 Å². The monoisotopic (exact) mass is 494 g/mol. The smallest absolute Gasteiger partial charge is 0.290 e. The van der Waals surface area contributed by atoms with Gasteiger partial charge in [0.25, 0.3) is 5.91 Å². The maximum absolute atomic E-state index is 13.8. The van der Waals surface area contributed by atoms with Gasteiger partial charge >= 0.3 is 0 Å². The van der Waals surface area contributed by atoms with Crippen molar-refractivity contribution in [3.8, 4) is 0 Å². The summed E-state index contributed by atoms with van der Waals surface area (Å²) < 4.78 is 7.79. The number of rotatable bonds is 5.